The highest BCUT2D eigenvalue weighted by Gasteiger charge is 2.26. The van der Waals surface area contributed by atoms with Gasteiger partial charge in [0.2, 0.25) is 17.7 Å². The summed E-state index contributed by atoms with van der Waals surface area (Å²) >= 11 is 14.2. The Morgan fingerprint density at radius 2 is 1.61 bits per heavy atom. The number of carbonyl (C=O) groups is 2. The molecule has 2 fully saturated rings. The summed E-state index contributed by atoms with van der Waals surface area (Å²) in [6.45, 7) is 2.02. The molecule has 2 aromatic heterocycles. The summed E-state index contributed by atoms with van der Waals surface area (Å²) in [5.74, 6) is 0.762. The number of benzene rings is 2. The van der Waals surface area contributed by atoms with Crippen LogP contribution in [0.5, 0.6) is 5.88 Å². The van der Waals surface area contributed by atoms with Crippen LogP contribution in [-0.2, 0) is 22.6 Å². The van der Waals surface area contributed by atoms with Crippen molar-refractivity contribution in [1.82, 2.24) is 31.2 Å². The van der Waals surface area contributed by atoms with Crippen LogP contribution in [0.15, 0.2) is 60.8 Å². The van der Waals surface area contributed by atoms with Gasteiger partial charge < -0.3 is 26.0 Å². The molecule has 4 heterocycles. The van der Waals surface area contributed by atoms with E-state index >= 15 is 0 Å². The molecule has 0 unspecified atom stereocenters. The molecule has 2 amide bonds. The second kappa shape index (κ2) is 14.8. The minimum atomic E-state index is 0.105. The van der Waals surface area contributed by atoms with Gasteiger partial charge in [-0.1, -0.05) is 59.6 Å². The van der Waals surface area contributed by atoms with Gasteiger partial charge in [0.25, 0.3) is 0 Å². The van der Waals surface area contributed by atoms with Crippen molar-refractivity contribution in [3.8, 4) is 39.5 Å². The van der Waals surface area contributed by atoms with Crippen LogP contribution < -0.4 is 26.0 Å². The van der Waals surface area contributed by atoms with E-state index in [2.05, 4.69) is 39.5 Å². The average molecular weight is 700 g/mol. The Bertz CT molecular complexity index is 1880. The molecule has 2 aliphatic heterocycles. The highest BCUT2D eigenvalue weighted by atomic mass is 35.5. The third-order valence-electron chi connectivity index (χ3n) is 9.80. The van der Waals surface area contributed by atoms with Crippen LogP contribution in [0.3, 0.4) is 0 Å². The van der Waals surface area contributed by atoms with Gasteiger partial charge in [-0.2, -0.15) is 0 Å². The molecule has 11 heteroatoms. The number of rotatable bonds is 11. The van der Waals surface area contributed by atoms with E-state index in [0.29, 0.717) is 53.2 Å². The summed E-state index contributed by atoms with van der Waals surface area (Å²) in [6, 6.07) is 18.8. The van der Waals surface area contributed by atoms with Crippen molar-refractivity contribution in [2.45, 2.75) is 69.6 Å². The molecule has 3 aliphatic rings. The van der Waals surface area contributed by atoms with E-state index in [0.717, 1.165) is 66.5 Å². The maximum absolute atomic E-state index is 11.6. The fourth-order valence-electron chi connectivity index (χ4n) is 7.22. The van der Waals surface area contributed by atoms with Crippen LogP contribution in [0.25, 0.3) is 33.6 Å². The predicted octanol–water partition coefficient (Wildman–Crippen LogP) is 6.41. The zero-order valence-electron chi connectivity index (χ0n) is 27.5. The molecule has 254 valence electrons. The van der Waals surface area contributed by atoms with Gasteiger partial charge in [0.1, 0.15) is 0 Å². The van der Waals surface area contributed by atoms with Crippen LogP contribution in [-0.4, -0.2) is 54.1 Å². The number of pyridine rings is 2. The summed E-state index contributed by atoms with van der Waals surface area (Å²) < 4.78 is 5.66. The first-order valence-corrected chi connectivity index (χ1v) is 17.8. The van der Waals surface area contributed by atoms with Crippen molar-refractivity contribution in [2.75, 3.05) is 20.2 Å². The maximum Gasteiger partial charge on any atom is 0.220 e. The van der Waals surface area contributed by atoms with Gasteiger partial charge in [-0.3, -0.25) is 14.6 Å². The van der Waals surface area contributed by atoms with Gasteiger partial charge in [-0.15, -0.1) is 0 Å². The Morgan fingerprint density at radius 3 is 2.37 bits per heavy atom. The van der Waals surface area contributed by atoms with Crippen molar-refractivity contribution < 1.29 is 14.3 Å². The molecule has 0 saturated carbocycles. The van der Waals surface area contributed by atoms with Gasteiger partial charge in [-0.25, -0.2) is 4.98 Å². The topological polar surface area (TPSA) is 117 Å². The molecule has 7 rings (SSSR count). The summed E-state index contributed by atoms with van der Waals surface area (Å²) in [5, 5.41) is 14.2. The van der Waals surface area contributed by atoms with E-state index in [1.807, 2.05) is 36.4 Å². The quantitative estimate of drug-likeness (QED) is 0.143. The smallest absolute Gasteiger partial charge is 0.220 e. The Kier molecular flexibility index (Phi) is 10.1. The maximum atomic E-state index is 11.6. The molecule has 2 aromatic carbocycles. The number of hydrogen-bond acceptors (Lipinski definition) is 7. The van der Waals surface area contributed by atoms with Crippen LogP contribution in [0.1, 0.15) is 61.3 Å². The fourth-order valence-corrected chi connectivity index (χ4v) is 7.87. The average Bonchev–Trinajstić information content (AvgIpc) is 3.74. The normalized spacial score (nSPS) is 20.2. The SMILES string of the molecule is COc1nc(-c2cccc(-c3ccnc(-c4ccc5c(c4)CCC[C@@H]5NC[C@@H]4CCC(=O)N4)c3Cl)c2Cl)ccc1CNC[C@H]1CCC(=O)N1. The van der Waals surface area contributed by atoms with E-state index in [-0.39, 0.29) is 29.9 Å². The summed E-state index contributed by atoms with van der Waals surface area (Å²) in [4.78, 5) is 32.7. The minimum Gasteiger partial charge on any atom is -0.481 e. The highest BCUT2D eigenvalue weighted by Crippen LogP contribution is 2.42. The van der Waals surface area contributed by atoms with Gasteiger partial charge in [-0.05, 0) is 61.4 Å². The van der Waals surface area contributed by atoms with E-state index in [9.17, 15) is 9.59 Å². The number of carbonyl (C=O) groups excluding carboxylic acids is 2. The molecule has 9 nitrogen and oxygen atoms in total. The highest BCUT2D eigenvalue weighted by molar-refractivity contribution is 6.39. The van der Waals surface area contributed by atoms with E-state index in [1.54, 1.807) is 13.3 Å². The van der Waals surface area contributed by atoms with Crippen LogP contribution in [0.2, 0.25) is 10.0 Å². The molecule has 2 saturated heterocycles. The van der Waals surface area contributed by atoms with E-state index in [4.69, 9.17) is 37.9 Å². The molecule has 49 heavy (non-hydrogen) atoms. The lowest BCUT2D eigenvalue weighted by molar-refractivity contribution is -0.120. The number of hydrogen-bond donors (Lipinski definition) is 4. The van der Waals surface area contributed by atoms with Crippen molar-refractivity contribution in [1.29, 1.82) is 0 Å². The van der Waals surface area contributed by atoms with Crippen molar-refractivity contribution >= 4 is 35.0 Å². The number of aromatic nitrogens is 2. The standard InChI is InChI=1S/C38H40Cl2N6O3/c1-49-38-24(19-41-20-25-10-14-33(47)44-25)9-13-32(46-38)30-6-3-5-28(35(30)39)29-16-17-42-37(36(29)40)23-8-12-27-22(18-23)4-2-7-31(27)43-21-26-11-15-34(48)45-26/h3,5-6,8-9,12-13,16-18,25-26,31,41,43H,2,4,7,10-11,14-15,19-21H2,1H3,(H,44,47)(H,45,48)/t25-,26+,31+/m1/s1. The first kappa shape index (κ1) is 33.5. The largest absolute Gasteiger partial charge is 0.481 e. The molecule has 4 N–H and O–H groups in total. The number of halogens is 2. The van der Waals surface area contributed by atoms with Gasteiger partial charge in [0.05, 0.1) is 28.5 Å². The third-order valence-corrected chi connectivity index (χ3v) is 10.6. The monoisotopic (exact) mass is 698 g/mol. The molecular formula is C38H40Cl2N6O3. The predicted molar refractivity (Wildman–Crippen MR) is 193 cm³/mol. The van der Waals surface area contributed by atoms with Crippen molar-refractivity contribution in [2.24, 2.45) is 0 Å². The third kappa shape index (κ3) is 7.31. The number of nitrogens with zero attached hydrogens (tertiary/aromatic N) is 2. The zero-order chi connectivity index (χ0) is 33.9. The Morgan fingerprint density at radius 1 is 0.857 bits per heavy atom. The lowest BCUT2D eigenvalue weighted by Crippen LogP contribution is -2.38. The lowest BCUT2D eigenvalue weighted by Gasteiger charge is -2.28. The summed E-state index contributed by atoms with van der Waals surface area (Å²) in [6.07, 6.45) is 7.85. The summed E-state index contributed by atoms with van der Waals surface area (Å²) in [5.41, 5.74) is 8.23. The number of nitrogens with one attached hydrogen (secondary N) is 4. The number of methoxy groups -OCH3 is 1. The number of ether oxygens (including phenoxy) is 1. The molecule has 0 spiro atoms. The van der Waals surface area contributed by atoms with Gasteiger partial charge in [0.15, 0.2) is 0 Å². The minimum absolute atomic E-state index is 0.105. The molecule has 4 aromatic rings. The first-order valence-electron chi connectivity index (χ1n) is 17.0. The second-order valence-corrected chi connectivity index (χ2v) is 13.8. The van der Waals surface area contributed by atoms with Crippen LogP contribution in [0, 0.1) is 0 Å². The molecule has 3 atom stereocenters. The molecule has 0 bridgehead atoms. The lowest BCUT2D eigenvalue weighted by atomic mass is 9.86. The number of fused-ring (bicyclic) bond motifs is 1. The zero-order valence-corrected chi connectivity index (χ0v) is 29.0. The second-order valence-electron chi connectivity index (χ2n) is 13.1. The summed E-state index contributed by atoms with van der Waals surface area (Å²) in [7, 11) is 1.61. The number of amides is 2. The molecule has 1 aliphatic carbocycles. The molecule has 0 radical (unpaired) electrons. The van der Waals surface area contributed by atoms with E-state index < -0.39 is 0 Å². The fraction of sp³-hybridized carbons (Fsp3) is 0.368. The van der Waals surface area contributed by atoms with Crippen molar-refractivity contribution in [3.63, 3.8) is 0 Å². The Balaban J connectivity index is 1.10. The Hall–Kier alpha value is -4.02. The van der Waals surface area contributed by atoms with E-state index in [1.165, 1.54) is 11.1 Å². The van der Waals surface area contributed by atoms with Crippen molar-refractivity contribution in [3.05, 3.63) is 87.5 Å². The van der Waals surface area contributed by atoms with Gasteiger partial charge in [0, 0.05) is 84.6 Å². The number of aryl methyl sites for hydroxylation is 1. The Labute approximate surface area is 296 Å². The first-order chi connectivity index (χ1) is 23.9. The van der Waals surface area contributed by atoms with Crippen LogP contribution >= 0.6 is 23.2 Å². The molecular weight excluding hydrogens is 659 g/mol. The van der Waals surface area contributed by atoms with Gasteiger partial charge >= 0.3 is 0 Å². The van der Waals surface area contributed by atoms with Crippen LogP contribution in [0.4, 0.5) is 0 Å².